The van der Waals surface area contributed by atoms with Crippen LogP contribution in [0.2, 0.25) is 0 Å². The number of H-pyrrole nitrogens is 2. The Hall–Kier alpha value is -1.07. The molecule has 108 valence electrons. The molecule has 1 aliphatic rings. The first-order valence-electron chi connectivity index (χ1n) is 7.32. The van der Waals surface area contributed by atoms with Gasteiger partial charge in [-0.05, 0) is 36.6 Å². The predicted molar refractivity (Wildman–Crippen MR) is 85.0 cm³/mol. The van der Waals surface area contributed by atoms with Crippen molar-refractivity contribution in [3.63, 3.8) is 0 Å². The molecular weight excluding hydrogens is 318 g/mol. The van der Waals surface area contributed by atoms with E-state index in [2.05, 4.69) is 44.2 Å². The topological polar surface area (TPSA) is 60.7 Å². The lowest BCUT2D eigenvalue weighted by atomic mass is 9.79. The van der Waals surface area contributed by atoms with Crippen molar-refractivity contribution in [1.29, 1.82) is 0 Å². The molecule has 0 saturated heterocycles. The van der Waals surface area contributed by atoms with Crippen molar-refractivity contribution in [3.05, 3.63) is 32.7 Å². The summed E-state index contributed by atoms with van der Waals surface area (Å²) < 4.78 is 1.06. The van der Waals surface area contributed by atoms with Crippen LogP contribution in [0.15, 0.2) is 21.4 Å². The minimum Gasteiger partial charge on any atom is -0.310 e. The molecule has 20 heavy (non-hydrogen) atoms. The minimum atomic E-state index is -0.150. The van der Waals surface area contributed by atoms with Crippen LogP contribution >= 0.6 is 15.9 Å². The molecule has 0 radical (unpaired) electrons. The number of benzene rings is 1. The molecule has 1 fully saturated rings. The Morgan fingerprint density at radius 3 is 2.65 bits per heavy atom. The zero-order chi connectivity index (χ0) is 14.1. The molecule has 3 N–H and O–H groups in total. The summed E-state index contributed by atoms with van der Waals surface area (Å²) in [6.07, 6.45) is 5.24. The second-order valence-corrected chi connectivity index (χ2v) is 6.50. The number of aromatic amines is 2. The van der Waals surface area contributed by atoms with Crippen LogP contribution in [0.4, 0.5) is 0 Å². The molecule has 1 atom stereocenters. The lowest BCUT2D eigenvalue weighted by Gasteiger charge is -2.30. The van der Waals surface area contributed by atoms with Gasteiger partial charge in [-0.15, -0.1) is 0 Å². The van der Waals surface area contributed by atoms with Crippen molar-refractivity contribution in [2.24, 2.45) is 5.92 Å². The highest BCUT2D eigenvalue weighted by Crippen LogP contribution is 2.37. The standard InChI is InChI=1S/C15H20BrN3O/c1-2-17-12(6-9-4-3-5-9)10-7-13-14(8-11(10)16)19-15(20)18-13/h7-9,12,17H,2-6H2,1H3,(H2,18,19,20). The molecule has 1 heterocycles. The zero-order valence-electron chi connectivity index (χ0n) is 11.6. The zero-order valence-corrected chi connectivity index (χ0v) is 13.2. The van der Waals surface area contributed by atoms with E-state index in [1.807, 2.05) is 6.07 Å². The van der Waals surface area contributed by atoms with Gasteiger partial charge in [0.05, 0.1) is 11.0 Å². The van der Waals surface area contributed by atoms with Crippen molar-refractivity contribution in [1.82, 2.24) is 15.3 Å². The molecule has 2 aromatic rings. The molecule has 3 rings (SSSR count). The van der Waals surface area contributed by atoms with E-state index in [0.29, 0.717) is 6.04 Å². The van der Waals surface area contributed by atoms with E-state index in [1.165, 1.54) is 31.2 Å². The van der Waals surface area contributed by atoms with Crippen LogP contribution in [0.1, 0.15) is 44.2 Å². The van der Waals surface area contributed by atoms with Crippen LogP contribution in [0.3, 0.4) is 0 Å². The van der Waals surface area contributed by atoms with Crippen molar-refractivity contribution < 1.29 is 0 Å². The summed E-state index contributed by atoms with van der Waals surface area (Å²) in [5.74, 6) is 0.840. The molecule has 0 bridgehead atoms. The first-order chi connectivity index (χ1) is 9.67. The third-order valence-corrected chi connectivity index (χ3v) is 4.94. The van der Waals surface area contributed by atoms with Gasteiger partial charge in [0.1, 0.15) is 0 Å². The predicted octanol–water partition coefficient (Wildman–Crippen LogP) is 3.46. The molecule has 0 aliphatic heterocycles. The van der Waals surface area contributed by atoms with Crippen LogP contribution in [0, 0.1) is 5.92 Å². The van der Waals surface area contributed by atoms with E-state index in [9.17, 15) is 4.79 Å². The van der Waals surface area contributed by atoms with E-state index < -0.39 is 0 Å². The van der Waals surface area contributed by atoms with Crippen molar-refractivity contribution in [3.8, 4) is 0 Å². The first kappa shape index (κ1) is 13.9. The lowest BCUT2D eigenvalue weighted by Crippen LogP contribution is -2.26. The van der Waals surface area contributed by atoms with Gasteiger partial charge in [0.15, 0.2) is 0 Å². The maximum Gasteiger partial charge on any atom is 0.323 e. The fourth-order valence-corrected chi connectivity index (χ4v) is 3.59. The van der Waals surface area contributed by atoms with Gasteiger partial charge in [-0.3, -0.25) is 0 Å². The second-order valence-electron chi connectivity index (χ2n) is 5.64. The van der Waals surface area contributed by atoms with Gasteiger partial charge in [-0.25, -0.2) is 4.79 Å². The summed E-state index contributed by atoms with van der Waals surface area (Å²) in [7, 11) is 0. The third-order valence-electron chi connectivity index (χ3n) is 4.25. The fraction of sp³-hybridized carbons (Fsp3) is 0.533. The van der Waals surface area contributed by atoms with Gasteiger partial charge in [-0.1, -0.05) is 42.1 Å². The highest BCUT2D eigenvalue weighted by atomic mass is 79.9. The molecule has 1 aromatic carbocycles. The van der Waals surface area contributed by atoms with Gasteiger partial charge in [0.25, 0.3) is 0 Å². The molecule has 1 unspecified atom stereocenters. The Kier molecular flexibility index (Phi) is 3.98. The van der Waals surface area contributed by atoms with E-state index in [0.717, 1.165) is 28.0 Å². The smallest absolute Gasteiger partial charge is 0.310 e. The average molecular weight is 338 g/mol. The van der Waals surface area contributed by atoms with Crippen LogP contribution < -0.4 is 11.0 Å². The van der Waals surface area contributed by atoms with Crippen LogP contribution in [0.5, 0.6) is 0 Å². The van der Waals surface area contributed by atoms with Gasteiger partial charge in [0.2, 0.25) is 0 Å². The molecule has 0 amide bonds. The van der Waals surface area contributed by atoms with Gasteiger partial charge >= 0.3 is 5.69 Å². The van der Waals surface area contributed by atoms with Crippen LogP contribution in [-0.2, 0) is 0 Å². The number of halogens is 1. The molecular formula is C15H20BrN3O. The van der Waals surface area contributed by atoms with Crippen molar-refractivity contribution in [2.75, 3.05) is 6.54 Å². The normalized spacial score (nSPS) is 17.3. The Morgan fingerprint density at radius 2 is 2.05 bits per heavy atom. The summed E-state index contributed by atoms with van der Waals surface area (Å²) in [6, 6.07) is 4.43. The monoisotopic (exact) mass is 337 g/mol. The van der Waals surface area contributed by atoms with E-state index in [4.69, 9.17) is 0 Å². The molecule has 1 saturated carbocycles. The lowest BCUT2D eigenvalue weighted by molar-refractivity contribution is 0.262. The van der Waals surface area contributed by atoms with Crippen molar-refractivity contribution >= 4 is 27.0 Å². The van der Waals surface area contributed by atoms with Crippen LogP contribution in [-0.4, -0.2) is 16.5 Å². The van der Waals surface area contributed by atoms with E-state index >= 15 is 0 Å². The van der Waals surface area contributed by atoms with Crippen LogP contribution in [0.25, 0.3) is 11.0 Å². The number of fused-ring (bicyclic) bond motifs is 1. The second kappa shape index (κ2) is 5.74. The SMILES string of the molecule is CCNC(CC1CCC1)c1cc2[nH]c(=O)[nH]c2cc1Br. The molecule has 1 aliphatic carbocycles. The van der Waals surface area contributed by atoms with Gasteiger partial charge in [-0.2, -0.15) is 0 Å². The summed E-state index contributed by atoms with van der Waals surface area (Å²) in [5, 5.41) is 3.58. The third kappa shape index (κ3) is 2.69. The highest BCUT2D eigenvalue weighted by Gasteiger charge is 2.24. The number of aromatic nitrogens is 2. The molecule has 5 heteroatoms. The maximum absolute atomic E-state index is 11.4. The maximum atomic E-state index is 11.4. The van der Waals surface area contributed by atoms with E-state index in [-0.39, 0.29) is 5.69 Å². The number of hydrogen-bond acceptors (Lipinski definition) is 2. The number of rotatable bonds is 5. The molecule has 4 nitrogen and oxygen atoms in total. The molecule has 0 spiro atoms. The Bertz CT molecular complexity index is 657. The number of imidazole rings is 1. The minimum absolute atomic E-state index is 0.150. The summed E-state index contributed by atoms with van der Waals surface area (Å²) in [4.78, 5) is 17.0. The quantitative estimate of drug-likeness (QED) is 0.782. The number of hydrogen-bond donors (Lipinski definition) is 3. The number of nitrogens with one attached hydrogen (secondary N) is 3. The van der Waals surface area contributed by atoms with E-state index in [1.54, 1.807) is 0 Å². The molecule has 1 aromatic heterocycles. The highest BCUT2D eigenvalue weighted by molar-refractivity contribution is 9.10. The van der Waals surface area contributed by atoms with Gasteiger partial charge < -0.3 is 15.3 Å². The summed E-state index contributed by atoms with van der Waals surface area (Å²) >= 11 is 3.65. The van der Waals surface area contributed by atoms with Crippen molar-refractivity contribution in [2.45, 2.75) is 38.6 Å². The largest absolute Gasteiger partial charge is 0.323 e. The first-order valence-corrected chi connectivity index (χ1v) is 8.11. The summed E-state index contributed by atoms with van der Waals surface area (Å²) in [6.45, 7) is 3.09. The Morgan fingerprint density at radius 1 is 1.35 bits per heavy atom. The van der Waals surface area contributed by atoms with Gasteiger partial charge in [0, 0.05) is 10.5 Å². The summed E-state index contributed by atoms with van der Waals surface area (Å²) in [5.41, 5.74) is 2.82. The Balaban J connectivity index is 1.95. The fourth-order valence-electron chi connectivity index (χ4n) is 2.97. The Labute approximate surface area is 126 Å². The average Bonchev–Trinajstić information content (AvgIpc) is 2.70.